The molecular weight excluding hydrogens is 548 g/mol. The summed E-state index contributed by atoms with van der Waals surface area (Å²) in [6, 6.07) is 18.8. The molecule has 0 unspecified atom stereocenters. The molecule has 3 rings (SSSR count). The van der Waals surface area contributed by atoms with E-state index in [0.29, 0.717) is 25.0 Å². The van der Waals surface area contributed by atoms with Gasteiger partial charge in [-0.15, -0.1) is 11.3 Å². The molecule has 2 N–H and O–H groups in total. The van der Waals surface area contributed by atoms with Crippen LogP contribution in [0.3, 0.4) is 0 Å². The van der Waals surface area contributed by atoms with Crippen LogP contribution in [0.25, 0.3) is 0 Å². The molecule has 0 radical (unpaired) electrons. The van der Waals surface area contributed by atoms with Gasteiger partial charge in [-0.25, -0.2) is 8.42 Å². The number of hydrogen-bond acceptors (Lipinski definition) is 7. The molecule has 0 aliphatic heterocycles. The number of benzene rings is 2. The third-order valence-corrected chi connectivity index (χ3v) is 9.24. The number of ketones is 1. The maximum atomic E-state index is 13.7. The van der Waals surface area contributed by atoms with Gasteiger partial charge in [0, 0.05) is 37.2 Å². The predicted octanol–water partition coefficient (Wildman–Crippen LogP) is 4.58. The highest BCUT2D eigenvalue weighted by atomic mass is 32.2. The normalized spacial score (nSPS) is 13.1. The zero-order chi connectivity index (χ0) is 29.0. The smallest absolute Gasteiger partial charge is 0.243 e. The van der Waals surface area contributed by atoms with Crippen LogP contribution < -0.4 is 10.1 Å². The minimum absolute atomic E-state index is 0.0201. The minimum atomic E-state index is -3.99. The molecule has 1 aromatic heterocycles. The number of aliphatic hydroxyl groups excluding tert-OH is 1. The highest BCUT2D eigenvalue weighted by Crippen LogP contribution is 2.24. The molecule has 0 aliphatic carbocycles. The fourth-order valence-corrected chi connectivity index (χ4v) is 6.56. The van der Waals surface area contributed by atoms with Gasteiger partial charge in [-0.2, -0.15) is 4.31 Å². The van der Waals surface area contributed by atoms with Gasteiger partial charge in [0.15, 0.2) is 0 Å². The summed E-state index contributed by atoms with van der Waals surface area (Å²) in [6.07, 6.45) is 1.10. The van der Waals surface area contributed by atoms with Gasteiger partial charge in [-0.05, 0) is 60.5 Å². The average Bonchev–Trinajstić information content (AvgIpc) is 3.47. The lowest BCUT2D eigenvalue weighted by atomic mass is 10.0. The zero-order valence-electron chi connectivity index (χ0n) is 23.0. The lowest BCUT2D eigenvalue weighted by molar-refractivity contribution is -0.126. The fraction of sp³-hybridized carbons (Fsp3) is 0.400. The molecule has 0 aliphatic rings. The van der Waals surface area contributed by atoms with Gasteiger partial charge in [0.2, 0.25) is 15.9 Å². The number of nitrogens with one attached hydrogen (secondary N) is 1. The second-order valence-electron chi connectivity index (χ2n) is 9.61. The lowest BCUT2D eigenvalue weighted by Crippen LogP contribution is -2.49. The molecule has 1 amide bonds. The number of aryl methyl sites for hydroxylation is 1. The van der Waals surface area contributed by atoms with E-state index in [1.165, 1.54) is 34.9 Å². The number of amides is 1. The number of thiophene rings is 1. The SMILES string of the molecule is CCCC(=O)CCC(=O)N[C@@H](CCc1ccccc1)[C@H](O)CN(Cc1cccs1)S(=O)(=O)c1ccc(OC)cc1. The third kappa shape index (κ3) is 9.55. The van der Waals surface area contributed by atoms with Crippen LogP contribution in [0.1, 0.15) is 49.5 Å². The van der Waals surface area contributed by atoms with E-state index in [-0.39, 0.29) is 42.5 Å². The molecule has 2 atom stereocenters. The molecule has 0 fully saturated rings. The Hall–Kier alpha value is -3.05. The summed E-state index contributed by atoms with van der Waals surface area (Å²) in [5, 5.41) is 16.1. The lowest BCUT2D eigenvalue weighted by Gasteiger charge is -2.30. The summed E-state index contributed by atoms with van der Waals surface area (Å²) in [7, 11) is -2.48. The monoisotopic (exact) mass is 586 g/mol. The van der Waals surface area contributed by atoms with Crippen LogP contribution in [-0.2, 0) is 32.6 Å². The molecule has 1 heterocycles. The van der Waals surface area contributed by atoms with E-state index in [0.717, 1.165) is 16.9 Å². The van der Waals surface area contributed by atoms with Crippen molar-refractivity contribution < 1.29 is 27.9 Å². The first-order chi connectivity index (χ1) is 19.2. The number of ether oxygens (including phenoxy) is 1. The van der Waals surface area contributed by atoms with Crippen molar-refractivity contribution in [3.63, 3.8) is 0 Å². The van der Waals surface area contributed by atoms with Crippen molar-refractivity contribution >= 4 is 33.1 Å². The van der Waals surface area contributed by atoms with E-state index < -0.39 is 22.2 Å². The average molecular weight is 587 g/mol. The Morgan fingerprint density at radius 2 is 1.73 bits per heavy atom. The number of aliphatic hydroxyl groups is 1. The van der Waals surface area contributed by atoms with Gasteiger partial charge in [0.05, 0.1) is 24.2 Å². The highest BCUT2D eigenvalue weighted by Gasteiger charge is 2.31. The number of carbonyl (C=O) groups is 2. The van der Waals surface area contributed by atoms with Crippen molar-refractivity contribution in [2.45, 2.75) is 69.0 Å². The summed E-state index contributed by atoms with van der Waals surface area (Å²) in [5.41, 5.74) is 1.04. The van der Waals surface area contributed by atoms with E-state index in [9.17, 15) is 23.1 Å². The number of nitrogens with zero attached hydrogens (tertiary/aromatic N) is 1. The minimum Gasteiger partial charge on any atom is -0.497 e. The Morgan fingerprint density at radius 1 is 1.00 bits per heavy atom. The van der Waals surface area contributed by atoms with Gasteiger partial charge in [-0.3, -0.25) is 9.59 Å². The number of rotatable bonds is 17. The molecule has 2 aromatic carbocycles. The summed E-state index contributed by atoms with van der Waals surface area (Å²) in [6.45, 7) is 1.77. The van der Waals surface area contributed by atoms with Gasteiger partial charge < -0.3 is 15.2 Å². The van der Waals surface area contributed by atoms with Crippen LogP contribution in [0.5, 0.6) is 5.75 Å². The largest absolute Gasteiger partial charge is 0.497 e. The number of hydrogen-bond donors (Lipinski definition) is 2. The van der Waals surface area contributed by atoms with Crippen molar-refractivity contribution in [2.75, 3.05) is 13.7 Å². The molecule has 3 aromatic rings. The van der Waals surface area contributed by atoms with Crippen molar-refractivity contribution in [1.29, 1.82) is 0 Å². The van der Waals surface area contributed by atoms with E-state index >= 15 is 0 Å². The molecule has 0 bridgehead atoms. The van der Waals surface area contributed by atoms with E-state index in [1.54, 1.807) is 12.1 Å². The third-order valence-electron chi connectivity index (χ3n) is 6.56. The summed E-state index contributed by atoms with van der Waals surface area (Å²) in [5.74, 6) is 0.209. The standard InChI is InChI=1S/C30H38N2O6S2/c1-3-8-24(33)13-19-30(35)31-28(18-12-23-9-5-4-6-10-23)29(34)22-32(21-26-11-7-20-39-26)40(36,37)27-16-14-25(38-2)15-17-27/h4-7,9-11,14-17,20,28-29,34H,3,8,12-13,18-19,21-22H2,1-2H3,(H,31,35)/t28-,29+/m0/s1. The van der Waals surface area contributed by atoms with Crippen LogP contribution >= 0.6 is 11.3 Å². The molecule has 0 spiro atoms. The first-order valence-corrected chi connectivity index (χ1v) is 15.7. The fourth-order valence-electron chi connectivity index (χ4n) is 4.32. The second kappa shape index (κ2) is 15.7. The number of Topliss-reactive ketones (excluding diaryl/α,β-unsaturated/α-hetero) is 1. The summed E-state index contributed by atoms with van der Waals surface area (Å²) < 4.78 is 33.8. The van der Waals surface area contributed by atoms with Crippen LogP contribution in [0.4, 0.5) is 0 Å². The molecule has 0 saturated carbocycles. The topological polar surface area (TPSA) is 113 Å². The summed E-state index contributed by atoms with van der Waals surface area (Å²) >= 11 is 1.43. The number of carbonyl (C=O) groups excluding carboxylic acids is 2. The Bertz CT molecular complexity index is 1300. The Labute approximate surface area is 241 Å². The van der Waals surface area contributed by atoms with Crippen molar-refractivity contribution in [3.05, 3.63) is 82.6 Å². The van der Waals surface area contributed by atoms with E-state index in [2.05, 4.69) is 5.32 Å². The molecule has 0 saturated heterocycles. The van der Waals surface area contributed by atoms with Crippen LogP contribution in [0, 0.1) is 0 Å². The van der Waals surface area contributed by atoms with Crippen molar-refractivity contribution in [2.24, 2.45) is 0 Å². The first-order valence-electron chi connectivity index (χ1n) is 13.4. The number of methoxy groups -OCH3 is 1. The van der Waals surface area contributed by atoms with Crippen molar-refractivity contribution in [1.82, 2.24) is 9.62 Å². The second-order valence-corrected chi connectivity index (χ2v) is 12.6. The summed E-state index contributed by atoms with van der Waals surface area (Å²) in [4.78, 5) is 25.6. The van der Waals surface area contributed by atoms with Crippen LogP contribution in [0.2, 0.25) is 0 Å². The predicted molar refractivity (Wildman–Crippen MR) is 157 cm³/mol. The van der Waals surface area contributed by atoms with Gasteiger partial charge >= 0.3 is 0 Å². The van der Waals surface area contributed by atoms with E-state index in [4.69, 9.17) is 4.74 Å². The van der Waals surface area contributed by atoms with Crippen molar-refractivity contribution in [3.8, 4) is 5.75 Å². The maximum absolute atomic E-state index is 13.7. The maximum Gasteiger partial charge on any atom is 0.243 e. The highest BCUT2D eigenvalue weighted by molar-refractivity contribution is 7.89. The Balaban J connectivity index is 1.81. The van der Waals surface area contributed by atoms with Crippen LogP contribution in [-0.4, -0.2) is 55.3 Å². The molecule has 40 heavy (non-hydrogen) atoms. The molecule has 10 heteroatoms. The Kier molecular flexibility index (Phi) is 12.3. The molecule has 8 nitrogen and oxygen atoms in total. The molecular formula is C30H38N2O6S2. The number of sulfonamides is 1. The molecule has 216 valence electrons. The van der Waals surface area contributed by atoms with Crippen LogP contribution in [0.15, 0.2) is 77.0 Å². The zero-order valence-corrected chi connectivity index (χ0v) is 24.6. The van der Waals surface area contributed by atoms with Gasteiger partial charge in [0.1, 0.15) is 11.5 Å². The van der Waals surface area contributed by atoms with Gasteiger partial charge in [0.25, 0.3) is 0 Å². The Morgan fingerprint density at radius 3 is 2.35 bits per heavy atom. The van der Waals surface area contributed by atoms with Gasteiger partial charge in [-0.1, -0.05) is 43.3 Å². The van der Waals surface area contributed by atoms with E-state index in [1.807, 2.05) is 54.8 Å². The quantitative estimate of drug-likeness (QED) is 0.240. The first kappa shape index (κ1) is 31.5.